The minimum Gasteiger partial charge on any atom is -0.639 e. The monoisotopic (exact) mass is 419 g/mol. The van der Waals surface area contributed by atoms with E-state index in [1.54, 1.807) is 0 Å². The number of hydrogen-bond acceptors (Lipinski definition) is 3. The molecule has 0 radical (unpaired) electrons. The van der Waals surface area contributed by atoms with Crippen LogP contribution in [0.5, 0.6) is 0 Å². The molecule has 2 fully saturated rings. The summed E-state index contributed by atoms with van der Waals surface area (Å²) in [5, 5.41) is 10.5. The van der Waals surface area contributed by atoms with Gasteiger partial charge in [-0.15, -0.1) is 5.71 Å². The van der Waals surface area contributed by atoms with Gasteiger partial charge in [-0.25, -0.2) is 0 Å². The number of amides is 1. The Morgan fingerprint density at radius 2 is 2.21 bits per heavy atom. The van der Waals surface area contributed by atoms with Crippen molar-refractivity contribution in [3.05, 3.63) is 11.7 Å². The predicted molar refractivity (Wildman–Crippen MR) is 51.4 cm³/mol. The van der Waals surface area contributed by atoms with E-state index in [0.29, 0.717) is 12.3 Å². The first kappa shape index (κ1) is 14.0. The van der Waals surface area contributed by atoms with E-state index in [9.17, 15) is 4.79 Å². The van der Waals surface area contributed by atoms with Gasteiger partial charge in [0.05, 0.1) is 5.91 Å². The van der Waals surface area contributed by atoms with Crippen molar-refractivity contribution in [3.8, 4) is 0 Å². The molecule has 14 heavy (non-hydrogen) atoms. The SMILES string of the molecule is CC1C[CH-]C1=N.NC1CCC(=O)[N-]1.[U+2]. The molecule has 76 valence electrons. The fourth-order valence-electron chi connectivity index (χ4n) is 1.06. The second kappa shape index (κ2) is 6.50. The van der Waals surface area contributed by atoms with Gasteiger partial charge in [0.15, 0.2) is 0 Å². The van der Waals surface area contributed by atoms with Crippen molar-refractivity contribution in [1.29, 1.82) is 5.41 Å². The smallest absolute Gasteiger partial charge is 0.639 e. The van der Waals surface area contributed by atoms with Crippen molar-refractivity contribution in [3.63, 3.8) is 0 Å². The molecule has 3 N–H and O–H groups in total. The molecule has 5 heteroatoms. The molecule has 1 aliphatic carbocycles. The number of hydrogen-bond donors (Lipinski definition) is 2. The summed E-state index contributed by atoms with van der Waals surface area (Å²) < 4.78 is 0. The molecule has 2 rings (SSSR count). The predicted octanol–water partition coefficient (Wildman–Crippen LogP) is 1.22. The van der Waals surface area contributed by atoms with Crippen LogP contribution in [0.25, 0.3) is 5.32 Å². The van der Waals surface area contributed by atoms with Gasteiger partial charge >= 0.3 is 31.1 Å². The normalized spacial score (nSPS) is 28.7. The van der Waals surface area contributed by atoms with Gasteiger partial charge in [-0.3, -0.25) is 0 Å². The molecule has 1 aliphatic heterocycles. The molecule has 2 aliphatic rings. The van der Waals surface area contributed by atoms with Gasteiger partial charge in [0, 0.05) is 0 Å². The maximum absolute atomic E-state index is 10.2. The Morgan fingerprint density at radius 3 is 2.29 bits per heavy atom. The summed E-state index contributed by atoms with van der Waals surface area (Å²) >= 11 is 0. The second-order valence-electron chi connectivity index (χ2n) is 3.43. The molecule has 1 amide bonds. The molecule has 4 nitrogen and oxygen atoms in total. The molecule has 0 aromatic carbocycles. The summed E-state index contributed by atoms with van der Waals surface area (Å²) in [6.45, 7) is 2.07. The van der Waals surface area contributed by atoms with Crippen LogP contribution in [0.15, 0.2) is 0 Å². The Morgan fingerprint density at radius 1 is 1.64 bits per heavy atom. The van der Waals surface area contributed by atoms with E-state index in [-0.39, 0.29) is 43.2 Å². The first-order chi connectivity index (χ1) is 6.09. The third-order valence-corrected chi connectivity index (χ3v) is 2.19. The Labute approximate surface area is 108 Å². The fourth-order valence-corrected chi connectivity index (χ4v) is 1.06. The van der Waals surface area contributed by atoms with Crippen molar-refractivity contribution < 1.29 is 35.9 Å². The largest absolute Gasteiger partial charge is 2.00 e. The zero-order valence-corrected chi connectivity index (χ0v) is 12.4. The molecule has 0 aromatic rings. The van der Waals surface area contributed by atoms with Crippen LogP contribution in [0.4, 0.5) is 0 Å². The van der Waals surface area contributed by atoms with Crippen molar-refractivity contribution in [2.24, 2.45) is 11.7 Å². The number of nitrogens with one attached hydrogen (secondary N) is 1. The minimum atomic E-state index is -0.201. The van der Waals surface area contributed by atoms with Crippen LogP contribution in [-0.2, 0) is 4.79 Å². The fraction of sp³-hybridized carbons (Fsp3) is 0.667. The van der Waals surface area contributed by atoms with E-state index in [2.05, 4.69) is 12.2 Å². The van der Waals surface area contributed by atoms with Crippen molar-refractivity contribution >= 4 is 11.6 Å². The summed E-state index contributed by atoms with van der Waals surface area (Å²) in [4.78, 5) is 10.2. The molecule has 1 saturated heterocycles. The number of carbonyl (C=O) groups excluding carboxylic acids is 1. The van der Waals surface area contributed by atoms with Crippen molar-refractivity contribution in [1.82, 2.24) is 0 Å². The molecule has 1 saturated carbocycles. The van der Waals surface area contributed by atoms with Crippen LogP contribution in [0.2, 0.25) is 0 Å². The molecular weight excluding hydrogens is 404 g/mol. The first-order valence-corrected chi connectivity index (χ1v) is 4.50. The van der Waals surface area contributed by atoms with Crippen LogP contribution >= 0.6 is 0 Å². The van der Waals surface area contributed by atoms with E-state index in [0.717, 1.165) is 18.6 Å². The van der Waals surface area contributed by atoms with Gasteiger partial charge < -0.3 is 27.7 Å². The van der Waals surface area contributed by atoms with Gasteiger partial charge in [0.2, 0.25) is 0 Å². The van der Waals surface area contributed by atoms with Crippen molar-refractivity contribution in [2.45, 2.75) is 32.4 Å². The van der Waals surface area contributed by atoms with Crippen LogP contribution in [-0.4, -0.2) is 17.8 Å². The van der Waals surface area contributed by atoms with Gasteiger partial charge in [-0.2, -0.15) is 6.42 Å². The van der Waals surface area contributed by atoms with Crippen LogP contribution < -0.4 is 5.73 Å². The standard InChI is InChI=1S/C5H8N.C4H8N2O.U/c1-4-2-3-5(4)6;5-3-1-2-4(7)6-3;/h3-4,6H,2H2,1H3;3H,1-2,5H2,(H,6,7);/q-1;;+2/p-1. The molecule has 2 atom stereocenters. The summed E-state index contributed by atoms with van der Waals surface area (Å²) in [6, 6.07) is 0. The van der Waals surface area contributed by atoms with E-state index in [1.807, 2.05) is 6.42 Å². The first-order valence-electron chi connectivity index (χ1n) is 4.50. The summed E-state index contributed by atoms with van der Waals surface area (Å²) in [5.74, 6) is 0.512. The average molecular weight is 419 g/mol. The molecule has 0 aromatic heterocycles. The molecular formula is C9H15N3OU. The zero-order valence-electron chi connectivity index (χ0n) is 8.29. The minimum absolute atomic E-state index is 0. The Kier molecular flexibility index (Phi) is 6.51. The molecule has 0 bridgehead atoms. The van der Waals surface area contributed by atoms with E-state index in [1.165, 1.54) is 0 Å². The quantitative estimate of drug-likeness (QED) is 0.579. The Hall–Kier alpha value is 0.0219. The van der Waals surface area contributed by atoms with Gasteiger partial charge in [0.1, 0.15) is 0 Å². The third-order valence-electron chi connectivity index (χ3n) is 2.19. The second-order valence-corrected chi connectivity index (χ2v) is 3.43. The molecule has 2 unspecified atom stereocenters. The third kappa shape index (κ3) is 4.50. The number of rotatable bonds is 0. The van der Waals surface area contributed by atoms with Crippen LogP contribution in [0.3, 0.4) is 0 Å². The van der Waals surface area contributed by atoms with Gasteiger partial charge in [-0.05, 0) is 12.8 Å². The maximum atomic E-state index is 10.2. The Balaban J connectivity index is 0.000000227. The summed E-state index contributed by atoms with van der Waals surface area (Å²) in [6.07, 6.45) is 4.15. The topological polar surface area (TPSA) is 81.0 Å². The van der Waals surface area contributed by atoms with Gasteiger partial charge in [-0.1, -0.05) is 19.0 Å². The summed E-state index contributed by atoms with van der Waals surface area (Å²) in [5.41, 5.74) is 6.05. The zero-order chi connectivity index (χ0) is 9.84. The molecule has 1 heterocycles. The van der Waals surface area contributed by atoms with E-state index >= 15 is 0 Å². The number of nitrogens with two attached hydrogens (primary N) is 1. The van der Waals surface area contributed by atoms with Crippen LogP contribution in [0.1, 0.15) is 26.2 Å². The van der Waals surface area contributed by atoms with Crippen LogP contribution in [0, 0.1) is 48.9 Å². The van der Waals surface area contributed by atoms with E-state index < -0.39 is 0 Å². The summed E-state index contributed by atoms with van der Waals surface area (Å²) in [7, 11) is 0. The number of carbonyl (C=O) groups is 1. The number of nitrogens with zero attached hydrogens (tertiary/aromatic N) is 1. The maximum Gasteiger partial charge on any atom is 2.00 e. The molecule has 0 spiro atoms. The average Bonchev–Trinajstić information content (AvgIpc) is 2.47. The van der Waals surface area contributed by atoms with E-state index in [4.69, 9.17) is 11.1 Å². The van der Waals surface area contributed by atoms with Gasteiger partial charge in [0.25, 0.3) is 0 Å². The van der Waals surface area contributed by atoms with Crippen molar-refractivity contribution in [2.75, 3.05) is 0 Å². The Bertz CT molecular complexity index is 220.